The first-order valence-corrected chi connectivity index (χ1v) is 11.9. The Morgan fingerprint density at radius 1 is 1.08 bits per heavy atom. The van der Waals surface area contributed by atoms with Crippen LogP contribution in [-0.4, -0.2) is 44.7 Å². The second-order valence-corrected chi connectivity index (χ2v) is 9.71. The molecular formula is C27H29FN6O4. The molecule has 1 unspecified atom stereocenters. The number of hydrogen-bond donors (Lipinski definition) is 1. The van der Waals surface area contributed by atoms with Gasteiger partial charge in [-0.25, -0.2) is 4.39 Å². The highest BCUT2D eigenvalue weighted by Gasteiger charge is 2.35. The number of anilines is 1. The number of rotatable bonds is 8. The largest absolute Gasteiger partial charge is 0.497 e. The fourth-order valence-corrected chi connectivity index (χ4v) is 3.84. The van der Waals surface area contributed by atoms with Crippen molar-refractivity contribution in [2.75, 3.05) is 12.0 Å². The van der Waals surface area contributed by atoms with Crippen molar-refractivity contribution in [3.8, 4) is 17.3 Å². The van der Waals surface area contributed by atoms with Gasteiger partial charge in [-0.3, -0.25) is 14.5 Å². The van der Waals surface area contributed by atoms with Crippen molar-refractivity contribution in [2.24, 2.45) is 0 Å². The van der Waals surface area contributed by atoms with E-state index >= 15 is 0 Å². The minimum Gasteiger partial charge on any atom is -0.497 e. The van der Waals surface area contributed by atoms with E-state index in [1.165, 1.54) is 36.3 Å². The number of methoxy groups -OCH3 is 1. The van der Waals surface area contributed by atoms with Crippen LogP contribution in [0.3, 0.4) is 0 Å². The molecule has 2 heterocycles. The zero-order valence-corrected chi connectivity index (χ0v) is 21.8. The van der Waals surface area contributed by atoms with Crippen molar-refractivity contribution < 1.29 is 23.1 Å². The van der Waals surface area contributed by atoms with Gasteiger partial charge in [-0.05, 0) is 87.0 Å². The number of amides is 2. The molecule has 4 aromatic rings. The van der Waals surface area contributed by atoms with Gasteiger partial charge in [-0.15, -0.1) is 10.2 Å². The number of ether oxygens (including phenoxy) is 1. The van der Waals surface area contributed by atoms with Crippen LogP contribution in [0.5, 0.6) is 5.75 Å². The van der Waals surface area contributed by atoms with Crippen molar-refractivity contribution >= 4 is 17.5 Å². The molecule has 0 saturated carbocycles. The minimum atomic E-state index is -1.12. The lowest BCUT2D eigenvalue weighted by Gasteiger charge is -2.33. The van der Waals surface area contributed by atoms with Crippen LogP contribution in [-0.2, 0) is 16.1 Å². The van der Waals surface area contributed by atoms with Crippen LogP contribution in [0, 0.1) is 12.7 Å². The van der Waals surface area contributed by atoms with E-state index in [2.05, 4.69) is 20.7 Å². The van der Waals surface area contributed by atoms with Crippen LogP contribution in [0.15, 0.2) is 65.1 Å². The summed E-state index contributed by atoms with van der Waals surface area (Å²) in [5, 5.41) is 15.2. The predicted molar refractivity (Wildman–Crippen MR) is 138 cm³/mol. The molecule has 198 valence electrons. The molecule has 0 aliphatic heterocycles. The smallest absolute Gasteiger partial charge is 0.251 e. The first-order chi connectivity index (χ1) is 18.0. The Morgan fingerprint density at radius 3 is 2.34 bits per heavy atom. The maximum atomic E-state index is 13.9. The maximum Gasteiger partial charge on any atom is 0.251 e. The second-order valence-electron chi connectivity index (χ2n) is 9.71. The topological polar surface area (TPSA) is 115 Å². The van der Waals surface area contributed by atoms with E-state index in [1.54, 1.807) is 43.3 Å². The molecule has 0 bridgehead atoms. The van der Waals surface area contributed by atoms with E-state index in [0.717, 1.165) is 4.80 Å². The van der Waals surface area contributed by atoms with Crippen molar-refractivity contribution in [1.82, 2.24) is 25.5 Å². The fourth-order valence-electron chi connectivity index (χ4n) is 3.84. The van der Waals surface area contributed by atoms with Gasteiger partial charge in [0.25, 0.3) is 5.91 Å². The third kappa shape index (κ3) is 6.23. The average molecular weight is 521 g/mol. The van der Waals surface area contributed by atoms with E-state index in [4.69, 9.17) is 9.15 Å². The van der Waals surface area contributed by atoms with Gasteiger partial charge in [0.15, 0.2) is 5.76 Å². The summed E-state index contributed by atoms with van der Waals surface area (Å²) in [6.07, 6.45) is 0. The number of halogens is 1. The zero-order valence-electron chi connectivity index (χ0n) is 21.8. The van der Waals surface area contributed by atoms with Crippen LogP contribution in [0.2, 0.25) is 0 Å². The molecule has 1 atom stereocenters. The molecule has 11 heteroatoms. The molecule has 0 saturated heterocycles. The minimum absolute atomic E-state index is 0.224. The number of carbonyl (C=O) groups is 2. The predicted octanol–water partition coefficient (Wildman–Crippen LogP) is 4.08. The number of nitrogens with zero attached hydrogens (tertiary/aromatic N) is 5. The number of aromatic nitrogens is 4. The summed E-state index contributed by atoms with van der Waals surface area (Å²) in [4.78, 5) is 30.0. The highest BCUT2D eigenvalue weighted by molar-refractivity contribution is 6.01. The summed E-state index contributed by atoms with van der Waals surface area (Å²) in [7, 11) is 1.53. The first kappa shape index (κ1) is 26.5. The van der Waals surface area contributed by atoms with Gasteiger partial charge in [0.05, 0.1) is 7.11 Å². The molecule has 0 radical (unpaired) electrons. The van der Waals surface area contributed by atoms with Crippen LogP contribution >= 0.6 is 0 Å². The molecule has 0 aliphatic rings. The summed E-state index contributed by atoms with van der Waals surface area (Å²) < 4.78 is 24.6. The van der Waals surface area contributed by atoms with Crippen LogP contribution in [0.1, 0.15) is 38.1 Å². The summed E-state index contributed by atoms with van der Waals surface area (Å²) in [5.74, 6) is 0.516. The molecule has 2 aromatic carbocycles. The van der Waals surface area contributed by atoms with Gasteiger partial charge in [-0.1, -0.05) is 12.1 Å². The number of tetrazole rings is 1. The Labute approximate surface area is 219 Å². The lowest BCUT2D eigenvalue weighted by atomic mass is 10.0. The van der Waals surface area contributed by atoms with E-state index in [-0.39, 0.29) is 12.4 Å². The quantitative estimate of drug-likeness (QED) is 0.372. The molecular weight excluding hydrogens is 491 g/mol. The van der Waals surface area contributed by atoms with E-state index in [1.807, 2.05) is 20.8 Å². The van der Waals surface area contributed by atoms with Gasteiger partial charge in [0.1, 0.15) is 29.9 Å². The standard InChI is InChI=1S/C27H29FN6O4/c1-17-6-15-22(38-17)25-30-32-33(31-25)16-23(35)34(20-11-13-21(37-5)14-12-20)24(26(36)29-27(2,3)4)18-7-9-19(28)10-8-18/h6-15,24H,16H2,1-5H3,(H,29,36). The molecule has 0 spiro atoms. The average Bonchev–Trinajstić information content (AvgIpc) is 3.51. The summed E-state index contributed by atoms with van der Waals surface area (Å²) in [6.45, 7) is 6.98. The molecule has 0 aliphatic carbocycles. The van der Waals surface area contributed by atoms with Crippen LogP contribution < -0.4 is 15.0 Å². The Kier molecular flexibility index (Phi) is 7.56. The summed E-state index contributed by atoms with van der Waals surface area (Å²) in [5.41, 5.74) is 0.264. The highest BCUT2D eigenvalue weighted by atomic mass is 19.1. The zero-order chi connectivity index (χ0) is 27.4. The van der Waals surface area contributed by atoms with E-state index in [0.29, 0.717) is 28.5 Å². The van der Waals surface area contributed by atoms with Gasteiger partial charge >= 0.3 is 0 Å². The summed E-state index contributed by atoms with van der Waals surface area (Å²) >= 11 is 0. The molecule has 2 aromatic heterocycles. The lowest BCUT2D eigenvalue weighted by Crippen LogP contribution is -2.50. The number of aryl methyl sites for hydroxylation is 1. The lowest BCUT2D eigenvalue weighted by molar-refractivity contribution is -0.128. The normalized spacial score (nSPS) is 12.2. The van der Waals surface area contributed by atoms with Crippen molar-refractivity contribution in [3.05, 3.63) is 77.8 Å². The number of furan rings is 1. The molecule has 0 fully saturated rings. The monoisotopic (exact) mass is 520 g/mol. The number of nitrogens with one attached hydrogen (secondary N) is 1. The molecule has 10 nitrogen and oxygen atoms in total. The van der Waals surface area contributed by atoms with Crippen molar-refractivity contribution in [2.45, 2.75) is 45.8 Å². The highest BCUT2D eigenvalue weighted by Crippen LogP contribution is 2.30. The third-order valence-electron chi connectivity index (χ3n) is 5.50. The first-order valence-electron chi connectivity index (χ1n) is 11.9. The number of benzene rings is 2. The third-order valence-corrected chi connectivity index (χ3v) is 5.50. The fraction of sp³-hybridized carbons (Fsp3) is 0.296. The Balaban J connectivity index is 1.75. The number of hydrogen-bond acceptors (Lipinski definition) is 7. The summed E-state index contributed by atoms with van der Waals surface area (Å²) in [6, 6.07) is 14.5. The molecule has 2 amide bonds. The Bertz CT molecular complexity index is 1410. The van der Waals surface area contributed by atoms with Crippen molar-refractivity contribution in [3.63, 3.8) is 0 Å². The maximum absolute atomic E-state index is 13.9. The van der Waals surface area contributed by atoms with Crippen molar-refractivity contribution in [1.29, 1.82) is 0 Å². The number of carbonyl (C=O) groups excluding carboxylic acids is 2. The molecule has 1 N–H and O–H groups in total. The van der Waals surface area contributed by atoms with E-state index < -0.39 is 29.2 Å². The molecule has 38 heavy (non-hydrogen) atoms. The van der Waals surface area contributed by atoms with Crippen LogP contribution in [0.4, 0.5) is 10.1 Å². The van der Waals surface area contributed by atoms with Gasteiger partial charge < -0.3 is 14.5 Å². The Hall–Kier alpha value is -4.54. The second kappa shape index (κ2) is 10.8. The van der Waals surface area contributed by atoms with E-state index in [9.17, 15) is 14.0 Å². The van der Waals surface area contributed by atoms with Gasteiger partial charge in [0.2, 0.25) is 11.7 Å². The van der Waals surface area contributed by atoms with Gasteiger partial charge in [-0.2, -0.15) is 4.80 Å². The van der Waals surface area contributed by atoms with Crippen LogP contribution in [0.25, 0.3) is 11.6 Å². The van der Waals surface area contributed by atoms with Gasteiger partial charge in [0, 0.05) is 11.2 Å². The Morgan fingerprint density at radius 2 is 1.76 bits per heavy atom. The molecule has 4 rings (SSSR count). The SMILES string of the molecule is COc1ccc(N(C(=O)Cn2nnc(-c3ccc(C)o3)n2)C(C(=O)NC(C)(C)C)c2ccc(F)cc2)cc1.